The average molecular weight is 287 g/mol. The molecule has 0 aliphatic carbocycles. The number of rotatable bonds is 7. The lowest BCUT2D eigenvalue weighted by Crippen LogP contribution is -2.18. The Labute approximate surface area is 120 Å². The van der Waals surface area contributed by atoms with E-state index >= 15 is 0 Å². The van der Waals surface area contributed by atoms with Crippen molar-refractivity contribution >= 4 is 23.1 Å². The monoisotopic (exact) mass is 286 g/mol. The normalized spacial score (nSPS) is 12.1. The van der Waals surface area contributed by atoms with Gasteiger partial charge in [0.2, 0.25) is 0 Å². The van der Waals surface area contributed by atoms with Crippen molar-refractivity contribution in [3.8, 4) is 0 Å². The van der Waals surface area contributed by atoms with Crippen LogP contribution in [0.1, 0.15) is 56.6 Å². The van der Waals surface area contributed by atoms with E-state index in [0.29, 0.717) is 0 Å². The molecule has 0 bridgehead atoms. The number of hydrogen-bond donors (Lipinski definition) is 1. The molecule has 104 valence electrons. The van der Waals surface area contributed by atoms with Crippen LogP contribution in [0.5, 0.6) is 0 Å². The van der Waals surface area contributed by atoms with Crippen molar-refractivity contribution in [2.24, 2.45) is 0 Å². The predicted molar refractivity (Wildman–Crippen MR) is 84.6 cm³/mol. The van der Waals surface area contributed by atoms with Crippen molar-refractivity contribution in [1.29, 1.82) is 0 Å². The van der Waals surface area contributed by atoms with Gasteiger partial charge >= 0.3 is 0 Å². The van der Waals surface area contributed by atoms with E-state index in [1.165, 1.54) is 27.8 Å². The Bertz CT molecular complexity index is 353. The highest BCUT2D eigenvalue weighted by molar-refractivity contribution is 7.98. The molecule has 1 rings (SSSR count). The number of hydrogen-bond acceptors (Lipinski definition) is 4. The number of nitrogens with one attached hydrogen (secondary N) is 1. The van der Waals surface area contributed by atoms with Gasteiger partial charge in [-0.15, -0.1) is 11.3 Å². The first kappa shape index (κ1) is 16.0. The van der Waals surface area contributed by atoms with E-state index in [2.05, 4.69) is 39.9 Å². The first-order valence-corrected chi connectivity index (χ1v) is 8.73. The van der Waals surface area contributed by atoms with Gasteiger partial charge in [0.15, 0.2) is 0 Å². The van der Waals surface area contributed by atoms with Gasteiger partial charge in [0, 0.05) is 22.6 Å². The highest BCUT2D eigenvalue weighted by atomic mass is 32.2. The summed E-state index contributed by atoms with van der Waals surface area (Å²) in [5, 5.41) is 4.70. The quantitative estimate of drug-likeness (QED) is 0.761. The average Bonchev–Trinajstić information content (AvgIpc) is 2.70. The van der Waals surface area contributed by atoms with E-state index in [-0.39, 0.29) is 5.41 Å². The maximum absolute atomic E-state index is 4.86. The molecule has 18 heavy (non-hydrogen) atoms. The molecule has 1 aromatic rings. The van der Waals surface area contributed by atoms with Gasteiger partial charge < -0.3 is 5.32 Å². The molecule has 0 aromatic carbocycles. The maximum atomic E-state index is 4.86. The molecular formula is C14H26N2S2. The third-order valence-corrected chi connectivity index (χ3v) is 4.97. The van der Waals surface area contributed by atoms with E-state index in [0.717, 1.165) is 18.8 Å². The molecule has 1 aromatic heterocycles. The van der Waals surface area contributed by atoms with Gasteiger partial charge in [-0.05, 0) is 18.7 Å². The number of nitrogens with zero attached hydrogens (tertiary/aromatic N) is 1. The molecule has 1 N–H and O–H groups in total. The second-order valence-corrected chi connectivity index (χ2v) is 7.74. The number of aromatic nitrogens is 1. The third kappa shape index (κ3) is 4.90. The van der Waals surface area contributed by atoms with Gasteiger partial charge in [0.1, 0.15) is 5.01 Å². The van der Waals surface area contributed by atoms with Crippen LogP contribution in [0.3, 0.4) is 0 Å². The molecule has 0 fully saturated rings. The fourth-order valence-electron chi connectivity index (χ4n) is 1.71. The summed E-state index contributed by atoms with van der Waals surface area (Å²) in [6.45, 7) is 13.1. The summed E-state index contributed by atoms with van der Waals surface area (Å²) in [4.78, 5) is 6.28. The van der Waals surface area contributed by atoms with Crippen molar-refractivity contribution in [3.63, 3.8) is 0 Å². The van der Waals surface area contributed by atoms with Crippen LogP contribution in [0.15, 0.2) is 0 Å². The highest BCUT2D eigenvalue weighted by Gasteiger charge is 2.22. The Morgan fingerprint density at radius 1 is 1.28 bits per heavy atom. The van der Waals surface area contributed by atoms with Crippen LogP contribution in [0.2, 0.25) is 0 Å². The van der Waals surface area contributed by atoms with Crippen LogP contribution >= 0.6 is 23.1 Å². The Morgan fingerprint density at radius 2 is 2.00 bits per heavy atom. The van der Waals surface area contributed by atoms with Crippen LogP contribution in [0.25, 0.3) is 0 Å². The molecule has 0 spiro atoms. The second-order valence-electron chi connectivity index (χ2n) is 5.46. The zero-order valence-electron chi connectivity index (χ0n) is 12.3. The molecule has 4 heteroatoms. The minimum absolute atomic E-state index is 0.148. The fourth-order valence-corrected chi connectivity index (χ4v) is 3.91. The Morgan fingerprint density at radius 3 is 2.56 bits per heavy atom. The SMILES string of the molecule is CCCSCc1nc(C(C)(C)C)c(CNCC)s1. The summed E-state index contributed by atoms with van der Waals surface area (Å²) in [6.07, 6.45) is 1.24. The Balaban J connectivity index is 2.79. The molecule has 0 aliphatic heterocycles. The van der Waals surface area contributed by atoms with Gasteiger partial charge in [-0.25, -0.2) is 4.98 Å². The van der Waals surface area contributed by atoms with Crippen LogP contribution in [-0.4, -0.2) is 17.3 Å². The van der Waals surface area contributed by atoms with Crippen molar-refractivity contribution in [1.82, 2.24) is 10.3 Å². The molecule has 1 heterocycles. The van der Waals surface area contributed by atoms with Crippen molar-refractivity contribution in [3.05, 3.63) is 15.6 Å². The maximum Gasteiger partial charge on any atom is 0.103 e. The molecule has 2 nitrogen and oxygen atoms in total. The second kappa shape index (κ2) is 7.51. The minimum atomic E-state index is 0.148. The molecule has 0 saturated carbocycles. The highest BCUT2D eigenvalue weighted by Crippen LogP contribution is 2.31. The van der Waals surface area contributed by atoms with Gasteiger partial charge in [0.05, 0.1) is 5.69 Å². The summed E-state index contributed by atoms with van der Waals surface area (Å²) in [5.74, 6) is 2.29. The summed E-state index contributed by atoms with van der Waals surface area (Å²) in [7, 11) is 0. The van der Waals surface area contributed by atoms with E-state index < -0.39 is 0 Å². The van der Waals surface area contributed by atoms with Crippen LogP contribution < -0.4 is 5.32 Å². The lowest BCUT2D eigenvalue weighted by atomic mass is 9.91. The molecule has 0 atom stereocenters. The first-order chi connectivity index (χ1) is 8.49. The fraction of sp³-hybridized carbons (Fsp3) is 0.786. The van der Waals surface area contributed by atoms with E-state index in [9.17, 15) is 0 Å². The predicted octanol–water partition coefficient (Wildman–Crippen LogP) is 4.19. The molecule has 0 saturated heterocycles. The van der Waals surface area contributed by atoms with Crippen molar-refractivity contribution in [2.75, 3.05) is 12.3 Å². The van der Waals surface area contributed by atoms with Gasteiger partial charge in [-0.3, -0.25) is 0 Å². The Kier molecular flexibility index (Phi) is 6.67. The van der Waals surface area contributed by atoms with E-state index in [1.807, 2.05) is 23.1 Å². The van der Waals surface area contributed by atoms with Crippen LogP contribution in [0, 0.1) is 0 Å². The number of thioether (sulfide) groups is 1. The molecule has 0 unspecified atom stereocenters. The Hall–Kier alpha value is -0.0600. The van der Waals surface area contributed by atoms with Crippen molar-refractivity contribution < 1.29 is 0 Å². The van der Waals surface area contributed by atoms with Gasteiger partial charge in [-0.1, -0.05) is 34.6 Å². The number of thiazole rings is 1. The van der Waals surface area contributed by atoms with E-state index in [4.69, 9.17) is 4.98 Å². The van der Waals surface area contributed by atoms with Crippen LogP contribution in [0.4, 0.5) is 0 Å². The molecule has 0 radical (unpaired) electrons. The third-order valence-electron chi connectivity index (χ3n) is 2.56. The summed E-state index contributed by atoms with van der Waals surface area (Å²) in [6, 6.07) is 0. The summed E-state index contributed by atoms with van der Waals surface area (Å²) >= 11 is 3.87. The molecular weight excluding hydrogens is 260 g/mol. The summed E-state index contributed by atoms with van der Waals surface area (Å²) < 4.78 is 0. The van der Waals surface area contributed by atoms with Crippen molar-refractivity contribution in [2.45, 2.75) is 58.8 Å². The first-order valence-electron chi connectivity index (χ1n) is 6.76. The lowest BCUT2D eigenvalue weighted by Gasteiger charge is -2.17. The lowest BCUT2D eigenvalue weighted by molar-refractivity contribution is 0.560. The smallest absolute Gasteiger partial charge is 0.103 e. The van der Waals surface area contributed by atoms with Gasteiger partial charge in [-0.2, -0.15) is 11.8 Å². The molecule has 0 aliphatic rings. The van der Waals surface area contributed by atoms with Crippen LogP contribution in [-0.2, 0) is 17.7 Å². The zero-order chi connectivity index (χ0) is 13.6. The zero-order valence-corrected chi connectivity index (χ0v) is 13.9. The minimum Gasteiger partial charge on any atom is -0.312 e. The topological polar surface area (TPSA) is 24.9 Å². The molecule has 0 amide bonds. The van der Waals surface area contributed by atoms with Gasteiger partial charge in [0.25, 0.3) is 0 Å². The van der Waals surface area contributed by atoms with E-state index in [1.54, 1.807) is 0 Å². The standard InChI is InChI=1S/C14H26N2S2/c1-6-8-17-10-12-16-13(14(3,4)5)11(18-12)9-15-7-2/h15H,6-10H2,1-5H3. The largest absolute Gasteiger partial charge is 0.312 e. The summed E-state index contributed by atoms with van der Waals surface area (Å²) in [5.41, 5.74) is 1.43.